The lowest BCUT2D eigenvalue weighted by Gasteiger charge is -2.04. The highest BCUT2D eigenvalue weighted by Gasteiger charge is 2.43. The number of carbonyl (C=O) groups excluding carboxylic acids is 2. The first-order valence-corrected chi connectivity index (χ1v) is 4.82. The number of carbonyl (C=O) groups is 2. The van der Waals surface area contributed by atoms with E-state index in [1.54, 1.807) is 24.3 Å². The van der Waals surface area contributed by atoms with Crippen LogP contribution in [0.5, 0.6) is 6.01 Å². The molecule has 1 N–H and O–H groups in total. The second kappa shape index (κ2) is 4.59. The maximum absolute atomic E-state index is 11.8. The lowest BCUT2D eigenvalue weighted by atomic mass is 10.3. The first-order chi connectivity index (χ1) is 8.86. The van der Waals surface area contributed by atoms with Crippen LogP contribution >= 0.6 is 0 Å². The lowest BCUT2D eigenvalue weighted by Crippen LogP contribution is -2.29. The first-order valence-electron chi connectivity index (χ1n) is 4.82. The molecule has 2 aromatic rings. The largest absolute Gasteiger partial charge is 0.524 e. The molecule has 1 heterocycles. The summed E-state index contributed by atoms with van der Waals surface area (Å²) in [7, 11) is 0. The number of nitrogens with one attached hydrogen (secondary N) is 1. The van der Waals surface area contributed by atoms with Crippen molar-refractivity contribution in [1.29, 1.82) is 0 Å². The SMILES string of the molecule is O=C(OC(=O)C(F)(F)F)Oc1nc2ccccc2[nH]1. The van der Waals surface area contributed by atoms with Gasteiger partial charge >= 0.3 is 24.3 Å². The molecule has 0 saturated carbocycles. The van der Waals surface area contributed by atoms with Gasteiger partial charge in [0.05, 0.1) is 11.0 Å². The van der Waals surface area contributed by atoms with Crippen LogP contribution < -0.4 is 4.74 Å². The zero-order chi connectivity index (χ0) is 14.0. The molecule has 0 spiro atoms. The Morgan fingerprint density at radius 2 is 1.89 bits per heavy atom. The van der Waals surface area contributed by atoms with Gasteiger partial charge in [0, 0.05) is 0 Å². The minimum absolute atomic E-state index is 0.374. The Bertz CT molecular complexity index is 602. The van der Waals surface area contributed by atoms with Crippen molar-refractivity contribution in [1.82, 2.24) is 9.97 Å². The molecule has 0 fully saturated rings. The van der Waals surface area contributed by atoms with Gasteiger partial charge in [0.1, 0.15) is 0 Å². The highest BCUT2D eigenvalue weighted by molar-refractivity contribution is 5.86. The number of nitrogens with zero attached hydrogens (tertiary/aromatic N) is 1. The van der Waals surface area contributed by atoms with E-state index in [9.17, 15) is 22.8 Å². The van der Waals surface area contributed by atoms with E-state index in [2.05, 4.69) is 19.4 Å². The van der Waals surface area contributed by atoms with Gasteiger partial charge in [-0.3, -0.25) is 0 Å². The number of benzene rings is 1. The molecule has 0 bridgehead atoms. The average Bonchev–Trinajstić information content (AvgIpc) is 2.69. The minimum Gasteiger partial charge on any atom is -0.359 e. The predicted molar refractivity (Wildman–Crippen MR) is 54.3 cm³/mol. The van der Waals surface area contributed by atoms with Gasteiger partial charge < -0.3 is 14.5 Å². The number of H-pyrrole nitrogens is 1. The molecule has 0 aliphatic carbocycles. The summed E-state index contributed by atoms with van der Waals surface area (Å²) >= 11 is 0. The quantitative estimate of drug-likeness (QED) is 0.636. The summed E-state index contributed by atoms with van der Waals surface area (Å²) in [5, 5.41) is 0. The molecule has 2 rings (SSSR count). The van der Waals surface area contributed by atoms with Crippen LogP contribution in [-0.4, -0.2) is 28.3 Å². The van der Waals surface area contributed by atoms with Gasteiger partial charge in [-0.05, 0) is 12.1 Å². The number of para-hydroxylation sites is 2. The van der Waals surface area contributed by atoms with E-state index in [1.165, 1.54) is 0 Å². The van der Waals surface area contributed by atoms with Gasteiger partial charge in [-0.25, -0.2) is 9.59 Å². The number of aromatic amines is 1. The van der Waals surface area contributed by atoms with Crippen LogP contribution in [0.4, 0.5) is 18.0 Å². The molecule has 0 aliphatic heterocycles. The van der Waals surface area contributed by atoms with E-state index in [4.69, 9.17) is 0 Å². The molecule has 0 saturated heterocycles. The molecule has 100 valence electrons. The zero-order valence-corrected chi connectivity index (χ0v) is 9.02. The van der Waals surface area contributed by atoms with Crippen molar-refractivity contribution >= 4 is 23.2 Å². The fourth-order valence-electron chi connectivity index (χ4n) is 1.21. The number of alkyl halides is 3. The topological polar surface area (TPSA) is 81.3 Å². The molecular formula is C10H5F3N2O4. The highest BCUT2D eigenvalue weighted by atomic mass is 19.4. The molecule has 0 radical (unpaired) electrons. The van der Waals surface area contributed by atoms with Crippen LogP contribution in [0.2, 0.25) is 0 Å². The fourth-order valence-corrected chi connectivity index (χ4v) is 1.21. The second-order valence-corrected chi connectivity index (χ2v) is 3.30. The number of fused-ring (bicyclic) bond motifs is 1. The van der Waals surface area contributed by atoms with Crippen LogP contribution in [-0.2, 0) is 9.53 Å². The van der Waals surface area contributed by atoms with E-state index in [-0.39, 0.29) is 6.01 Å². The van der Waals surface area contributed by atoms with Gasteiger partial charge in [0.25, 0.3) is 0 Å². The Morgan fingerprint density at radius 1 is 1.21 bits per heavy atom. The Morgan fingerprint density at radius 3 is 2.53 bits per heavy atom. The molecule has 0 aliphatic rings. The number of esters is 1. The van der Waals surface area contributed by atoms with Gasteiger partial charge in [-0.1, -0.05) is 12.1 Å². The molecule has 1 aromatic carbocycles. The van der Waals surface area contributed by atoms with E-state index in [0.29, 0.717) is 11.0 Å². The van der Waals surface area contributed by atoms with Crippen molar-refractivity contribution in [2.24, 2.45) is 0 Å². The van der Waals surface area contributed by atoms with E-state index < -0.39 is 18.3 Å². The molecule has 19 heavy (non-hydrogen) atoms. The third-order valence-electron chi connectivity index (χ3n) is 1.96. The van der Waals surface area contributed by atoms with Crippen molar-refractivity contribution in [3.05, 3.63) is 24.3 Å². The smallest absolute Gasteiger partial charge is 0.359 e. The highest BCUT2D eigenvalue weighted by Crippen LogP contribution is 2.18. The summed E-state index contributed by atoms with van der Waals surface area (Å²) in [4.78, 5) is 27.5. The van der Waals surface area contributed by atoms with Crippen LogP contribution in [0.1, 0.15) is 0 Å². The number of aromatic nitrogens is 2. The fraction of sp³-hybridized carbons (Fsp3) is 0.100. The number of hydrogen-bond acceptors (Lipinski definition) is 5. The van der Waals surface area contributed by atoms with Gasteiger partial charge in [-0.2, -0.15) is 18.2 Å². The summed E-state index contributed by atoms with van der Waals surface area (Å²) in [5.41, 5.74) is 0.944. The Hall–Kier alpha value is -2.58. The average molecular weight is 274 g/mol. The number of rotatable bonds is 1. The van der Waals surface area contributed by atoms with Crippen molar-refractivity contribution in [3.8, 4) is 6.01 Å². The number of imidazole rings is 1. The van der Waals surface area contributed by atoms with Crippen LogP contribution in [0.3, 0.4) is 0 Å². The monoisotopic (exact) mass is 274 g/mol. The standard InChI is InChI=1S/C10H5F3N2O4/c11-10(12,13)7(16)18-9(17)19-8-14-5-3-1-2-4-6(5)15-8/h1-4H,(H,14,15). The van der Waals surface area contributed by atoms with E-state index >= 15 is 0 Å². The number of hydrogen-bond donors (Lipinski definition) is 1. The van der Waals surface area contributed by atoms with Crippen molar-refractivity contribution in [2.75, 3.05) is 0 Å². The van der Waals surface area contributed by atoms with Crippen LogP contribution in [0, 0.1) is 0 Å². The summed E-state index contributed by atoms with van der Waals surface area (Å²) in [6.07, 6.45) is -7.09. The maximum Gasteiger partial charge on any atom is 0.524 e. The Labute approximate surface area is 103 Å². The summed E-state index contributed by atoms with van der Waals surface area (Å²) < 4.78 is 43.2. The van der Waals surface area contributed by atoms with Crippen molar-refractivity contribution in [2.45, 2.75) is 6.18 Å². The maximum atomic E-state index is 11.8. The predicted octanol–water partition coefficient (Wildman–Crippen LogP) is 2.17. The van der Waals surface area contributed by atoms with Gasteiger partial charge in [-0.15, -0.1) is 0 Å². The van der Waals surface area contributed by atoms with Crippen LogP contribution in [0.15, 0.2) is 24.3 Å². The lowest BCUT2D eigenvalue weighted by molar-refractivity contribution is -0.194. The normalized spacial score (nSPS) is 11.3. The second-order valence-electron chi connectivity index (χ2n) is 3.30. The first kappa shape index (κ1) is 12.9. The summed E-state index contributed by atoms with van der Waals surface area (Å²) in [6.45, 7) is 0. The Kier molecular flexibility index (Phi) is 3.11. The summed E-state index contributed by atoms with van der Waals surface area (Å²) in [6, 6.07) is 6.17. The van der Waals surface area contributed by atoms with E-state index in [0.717, 1.165) is 0 Å². The number of halogens is 3. The molecule has 9 heteroatoms. The number of ether oxygens (including phenoxy) is 2. The Balaban J connectivity index is 2.05. The van der Waals surface area contributed by atoms with Gasteiger partial charge in [0.2, 0.25) is 0 Å². The molecule has 0 atom stereocenters. The summed E-state index contributed by atoms with van der Waals surface area (Å²) in [5.74, 6) is -2.66. The van der Waals surface area contributed by atoms with E-state index in [1.807, 2.05) is 0 Å². The van der Waals surface area contributed by atoms with Gasteiger partial charge in [0.15, 0.2) is 0 Å². The molecule has 0 unspecified atom stereocenters. The molecule has 1 aromatic heterocycles. The third-order valence-corrected chi connectivity index (χ3v) is 1.96. The molecular weight excluding hydrogens is 269 g/mol. The van der Waals surface area contributed by atoms with Crippen molar-refractivity contribution < 1.29 is 32.2 Å². The molecule has 0 amide bonds. The zero-order valence-electron chi connectivity index (χ0n) is 9.02. The van der Waals surface area contributed by atoms with Crippen molar-refractivity contribution in [3.63, 3.8) is 0 Å². The minimum atomic E-state index is -5.27. The molecule has 6 nitrogen and oxygen atoms in total. The van der Waals surface area contributed by atoms with Crippen LogP contribution in [0.25, 0.3) is 11.0 Å². The third kappa shape index (κ3) is 3.00.